The second kappa shape index (κ2) is 9.36. The summed E-state index contributed by atoms with van der Waals surface area (Å²) >= 11 is 0. The summed E-state index contributed by atoms with van der Waals surface area (Å²) in [4.78, 5) is 12.2. The van der Waals surface area contributed by atoms with Crippen molar-refractivity contribution in [3.05, 3.63) is 90.5 Å². The van der Waals surface area contributed by atoms with Crippen LogP contribution in [0, 0.1) is 12.8 Å². The van der Waals surface area contributed by atoms with Crippen LogP contribution < -0.4 is 4.72 Å². The first-order chi connectivity index (χ1) is 15.4. The molecular formula is C26H27NO4S. The molecule has 4 rings (SSSR count). The second-order valence-electron chi connectivity index (χ2n) is 8.25. The van der Waals surface area contributed by atoms with E-state index in [2.05, 4.69) is 29.5 Å². The Balaban J connectivity index is 1.62. The number of aldehydes is 1. The van der Waals surface area contributed by atoms with Gasteiger partial charge in [-0.3, -0.25) is 0 Å². The van der Waals surface area contributed by atoms with Crippen molar-refractivity contribution in [2.45, 2.75) is 42.9 Å². The maximum absolute atomic E-state index is 12.9. The fourth-order valence-corrected chi connectivity index (χ4v) is 5.67. The number of carbonyl (C=O) groups excluding carboxylic acids is 1. The Morgan fingerprint density at radius 3 is 2.53 bits per heavy atom. The SMILES string of the molecule is C=CC[C@@H]1OC(c2cccc3ccccc23)CC1[C@@H](C=O)NS(=O)(=O)c1ccc(C)cc1. The zero-order valence-corrected chi connectivity index (χ0v) is 18.8. The van der Waals surface area contributed by atoms with Gasteiger partial charge < -0.3 is 9.53 Å². The van der Waals surface area contributed by atoms with E-state index in [1.165, 1.54) is 0 Å². The Kier molecular flexibility index (Phi) is 6.55. The average molecular weight is 450 g/mol. The fraction of sp³-hybridized carbons (Fsp3) is 0.269. The number of nitrogens with one attached hydrogen (secondary N) is 1. The summed E-state index contributed by atoms with van der Waals surface area (Å²) in [6.07, 6.45) is 2.95. The van der Waals surface area contributed by atoms with Crippen molar-refractivity contribution in [1.29, 1.82) is 0 Å². The summed E-state index contributed by atoms with van der Waals surface area (Å²) in [5, 5.41) is 2.21. The van der Waals surface area contributed by atoms with Crippen LogP contribution in [0.4, 0.5) is 0 Å². The molecule has 1 heterocycles. The highest BCUT2D eigenvalue weighted by Crippen LogP contribution is 2.42. The maximum atomic E-state index is 12.9. The van der Waals surface area contributed by atoms with Crippen molar-refractivity contribution in [3.8, 4) is 0 Å². The molecule has 1 aliphatic heterocycles. The van der Waals surface area contributed by atoms with Crippen LogP contribution in [-0.2, 0) is 19.6 Å². The molecule has 166 valence electrons. The minimum absolute atomic E-state index is 0.139. The molecule has 6 heteroatoms. The number of aryl methyl sites for hydroxylation is 1. The summed E-state index contributed by atoms with van der Waals surface area (Å²) in [5.74, 6) is -0.310. The van der Waals surface area contributed by atoms with Crippen LogP contribution >= 0.6 is 0 Å². The van der Waals surface area contributed by atoms with Gasteiger partial charge in [-0.05, 0) is 48.2 Å². The van der Waals surface area contributed by atoms with E-state index in [0.717, 1.165) is 21.9 Å². The number of hydrogen-bond donors (Lipinski definition) is 1. The molecule has 0 aromatic heterocycles. The number of carbonyl (C=O) groups is 1. The molecule has 1 aliphatic rings. The summed E-state index contributed by atoms with van der Waals surface area (Å²) in [7, 11) is -3.84. The van der Waals surface area contributed by atoms with E-state index in [1.54, 1.807) is 30.3 Å². The maximum Gasteiger partial charge on any atom is 0.241 e. The van der Waals surface area contributed by atoms with Gasteiger partial charge in [0.15, 0.2) is 0 Å². The zero-order valence-electron chi connectivity index (χ0n) is 18.0. The molecule has 0 aliphatic carbocycles. The van der Waals surface area contributed by atoms with E-state index >= 15 is 0 Å². The quantitative estimate of drug-likeness (QED) is 0.399. The molecule has 32 heavy (non-hydrogen) atoms. The second-order valence-corrected chi connectivity index (χ2v) is 9.97. The van der Waals surface area contributed by atoms with E-state index in [-0.39, 0.29) is 23.0 Å². The first kappa shape index (κ1) is 22.4. The van der Waals surface area contributed by atoms with Crippen molar-refractivity contribution in [1.82, 2.24) is 4.72 Å². The smallest absolute Gasteiger partial charge is 0.241 e. The largest absolute Gasteiger partial charge is 0.370 e. The van der Waals surface area contributed by atoms with Gasteiger partial charge >= 0.3 is 0 Å². The molecule has 4 atom stereocenters. The van der Waals surface area contributed by atoms with Crippen LogP contribution in [0.1, 0.15) is 30.1 Å². The molecular weight excluding hydrogens is 422 g/mol. The lowest BCUT2D eigenvalue weighted by molar-refractivity contribution is -0.110. The highest BCUT2D eigenvalue weighted by atomic mass is 32.2. The van der Waals surface area contributed by atoms with E-state index < -0.39 is 16.1 Å². The van der Waals surface area contributed by atoms with Crippen LogP contribution in [0.15, 0.2) is 84.3 Å². The third-order valence-electron chi connectivity index (χ3n) is 6.10. The lowest BCUT2D eigenvalue weighted by Gasteiger charge is -2.23. The van der Waals surface area contributed by atoms with E-state index in [1.807, 2.05) is 31.2 Å². The molecule has 0 bridgehead atoms. The summed E-state index contributed by atoms with van der Waals surface area (Å²) in [6.45, 7) is 5.71. The third kappa shape index (κ3) is 4.53. The molecule has 1 saturated heterocycles. The number of benzene rings is 3. The lowest BCUT2D eigenvalue weighted by atomic mass is 9.88. The van der Waals surface area contributed by atoms with E-state index in [0.29, 0.717) is 19.1 Å². The predicted octanol–water partition coefficient (Wildman–Crippen LogP) is 4.72. The molecule has 0 spiro atoms. The first-order valence-electron chi connectivity index (χ1n) is 10.7. The minimum atomic E-state index is -3.84. The van der Waals surface area contributed by atoms with Crippen molar-refractivity contribution in [2.24, 2.45) is 5.92 Å². The number of fused-ring (bicyclic) bond motifs is 1. The highest BCUT2D eigenvalue weighted by Gasteiger charge is 2.41. The van der Waals surface area contributed by atoms with Gasteiger partial charge in [-0.15, -0.1) is 6.58 Å². The summed E-state index contributed by atoms with van der Waals surface area (Å²) in [5.41, 5.74) is 2.01. The van der Waals surface area contributed by atoms with Gasteiger partial charge in [0.1, 0.15) is 6.29 Å². The standard InChI is InChI=1S/C26H27NO4S/c1-3-7-25-23(24(17-28)27-32(29,30)20-14-12-18(2)13-15-20)16-26(31-25)22-11-6-9-19-8-4-5-10-21(19)22/h3-6,8-15,17,23-27H,1,7,16H2,2H3/t23?,24-,25+,26?/m1/s1. The Morgan fingerprint density at radius 1 is 1.09 bits per heavy atom. The van der Waals surface area contributed by atoms with Crippen molar-refractivity contribution < 1.29 is 17.9 Å². The lowest BCUT2D eigenvalue weighted by Crippen LogP contribution is -2.44. The number of sulfonamides is 1. The molecule has 1 N–H and O–H groups in total. The van der Waals surface area contributed by atoms with Gasteiger partial charge in [-0.25, -0.2) is 13.1 Å². The van der Waals surface area contributed by atoms with Crippen LogP contribution in [0.2, 0.25) is 0 Å². The molecule has 0 amide bonds. The van der Waals surface area contributed by atoms with Crippen molar-refractivity contribution >= 4 is 27.1 Å². The number of rotatable bonds is 8. The van der Waals surface area contributed by atoms with E-state index in [4.69, 9.17) is 4.74 Å². The first-order valence-corrected chi connectivity index (χ1v) is 12.2. The third-order valence-corrected chi connectivity index (χ3v) is 7.58. The van der Waals surface area contributed by atoms with Gasteiger partial charge in [0, 0.05) is 5.92 Å². The Labute approximate surface area is 189 Å². The fourth-order valence-electron chi connectivity index (χ4n) is 4.45. The molecule has 3 aromatic rings. The monoisotopic (exact) mass is 449 g/mol. The van der Waals surface area contributed by atoms with Gasteiger partial charge in [-0.1, -0.05) is 66.2 Å². The minimum Gasteiger partial charge on any atom is -0.370 e. The summed E-state index contributed by atoms with van der Waals surface area (Å²) in [6, 6.07) is 19.8. The van der Waals surface area contributed by atoms with Crippen molar-refractivity contribution in [2.75, 3.05) is 0 Å². The molecule has 0 radical (unpaired) electrons. The van der Waals surface area contributed by atoms with E-state index in [9.17, 15) is 13.2 Å². The molecule has 2 unspecified atom stereocenters. The summed E-state index contributed by atoms with van der Waals surface area (Å²) < 4.78 is 34.8. The highest BCUT2D eigenvalue weighted by molar-refractivity contribution is 7.89. The molecule has 5 nitrogen and oxygen atoms in total. The Morgan fingerprint density at radius 2 is 1.81 bits per heavy atom. The predicted molar refractivity (Wildman–Crippen MR) is 126 cm³/mol. The number of hydrogen-bond acceptors (Lipinski definition) is 4. The van der Waals surface area contributed by atoms with Crippen LogP contribution in [0.25, 0.3) is 10.8 Å². The molecule has 1 fully saturated rings. The van der Waals surface area contributed by atoms with Crippen molar-refractivity contribution in [3.63, 3.8) is 0 Å². The van der Waals surface area contributed by atoms with Crippen LogP contribution in [-0.4, -0.2) is 26.8 Å². The topological polar surface area (TPSA) is 72.5 Å². The molecule has 3 aromatic carbocycles. The average Bonchev–Trinajstić information content (AvgIpc) is 3.21. The van der Waals surface area contributed by atoms with Gasteiger partial charge in [0.2, 0.25) is 10.0 Å². The Hall–Kier alpha value is -2.80. The van der Waals surface area contributed by atoms with Gasteiger partial charge in [0.25, 0.3) is 0 Å². The van der Waals surface area contributed by atoms with Gasteiger partial charge in [0.05, 0.1) is 23.1 Å². The number of ether oxygens (including phenoxy) is 1. The van der Waals surface area contributed by atoms with Crippen LogP contribution in [0.3, 0.4) is 0 Å². The van der Waals surface area contributed by atoms with Crippen LogP contribution in [0.5, 0.6) is 0 Å². The zero-order chi connectivity index (χ0) is 22.7. The Bertz CT molecular complexity index is 1210. The molecule has 0 saturated carbocycles. The van der Waals surface area contributed by atoms with Gasteiger partial charge in [-0.2, -0.15) is 0 Å². The normalized spacial score (nSPS) is 22.0.